The first-order chi connectivity index (χ1) is 9.16. The van der Waals surface area contributed by atoms with Crippen LogP contribution in [0.25, 0.3) is 0 Å². The lowest BCUT2D eigenvalue weighted by molar-refractivity contribution is -0.134. The van der Waals surface area contributed by atoms with Gasteiger partial charge in [-0.1, -0.05) is 12.1 Å². The summed E-state index contributed by atoms with van der Waals surface area (Å²) in [5.74, 6) is 1.07. The monoisotopic (exact) mass is 261 g/mol. The van der Waals surface area contributed by atoms with Crippen molar-refractivity contribution in [2.45, 2.75) is 45.6 Å². The van der Waals surface area contributed by atoms with Crippen LogP contribution in [0.3, 0.4) is 0 Å². The number of benzene rings is 1. The molecule has 0 spiro atoms. The van der Waals surface area contributed by atoms with Gasteiger partial charge in [-0.15, -0.1) is 0 Å². The number of carbonyl (C=O) groups is 1. The Morgan fingerprint density at radius 2 is 2.26 bits per heavy atom. The number of nitrogens with zero attached hydrogens (tertiary/aromatic N) is 1. The Bertz CT molecular complexity index is 431. The Labute approximate surface area is 115 Å². The summed E-state index contributed by atoms with van der Waals surface area (Å²) in [6.45, 7) is 5.54. The fourth-order valence-corrected chi connectivity index (χ4v) is 2.57. The van der Waals surface area contributed by atoms with Gasteiger partial charge in [0.05, 0.1) is 13.0 Å². The first-order valence-corrected chi connectivity index (χ1v) is 7.16. The molecule has 3 nitrogen and oxygen atoms in total. The zero-order valence-corrected chi connectivity index (χ0v) is 11.9. The van der Waals surface area contributed by atoms with E-state index in [0.29, 0.717) is 19.1 Å². The van der Waals surface area contributed by atoms with Crippen molar-refractivity contribution in [2.24, 2.45) is 0 Å². The molecule has 1 fully saturated rings. The van der Waals surface area contributed by atoms with Gasteiger partial charge in [0.25, 0.3) is 0 Å². The van der Waals surface area contributed by atoms with Crippen molar-refractivity contribution in [3.63, 3.8) is 0 Å². The van der Waals surface area contributed by atoms with Crippen molar-refractivity contribution in [2.75, 3.05) is 13.2 Å². The van der Waals surface area contributed by atoms with Crippen molar-refractivity contribution in [1.29, 1.82) is 0 Å². The molecule has 1 heterocycles. The molecule has 1 unspecified atom stereocenters. The van der Waals surface area contributed by atoms with Gasteiger partial charge in [0.1, 0.15) is 5.75 Å². The standard InChI is InChI=1S/C16H23NO2/c1-13-6-5-8-15(12-13)19-11-9-16(18)17-10-4-3-7-14(17)2/h5-6,8,12,14H,3-4,7,9-11H2,1-2H3. The predicted molar refractivity (Wildman–Crippen MR) is 76.3 cm³/mol. The van der Waals surface area contributed by atoms with Gasteiger partial charge in [-0.05, 0) is 50.8 Å². The highest BCUT2D eigenvalue weighted by Gasteiger charge is 2.22. The smallest absolute Gasteiger partial charge is 0.226 e. The minimum absolute atomic E-state index is 0.222. The minimum Gasteiger partial charge on any atom is -0.493 e. The number of ether oxygens (including phenoxy) is 1. The molecule has 1 aromatic rings. The lowest BCUT2D eigenvalue weighted by atomic mass is 10.0. The van der Waals surface area contributed by atoms with Crippen molar-refractivity contribution < 1.29 is 9.53 Å². The third-order valence-electron chi connectivity index (χ3n) is 3.70. The zero-order chi connectivity index (χ0) is 13.7. The van der Waals surface area contributed by atoms with Crippen LogP contribution < -0.4 is 4.74 Å². The molecule has 3 heteroatoms. The van der Waals surface area contributed by atoms with Crippen LogP contribution in [-0.2, 0) is 4.79 Å². The van der Waals surface area contributed by atoms with E-state index in [1.54, 1.807) is 0 Å². The van der Waals surface area contributed by atoms with E-state index < -0.39 is 0 Å². The molecule has 1 aliphatic heterocycles. The van der Waals surface area contributed by atoms with E-state index >= 15 is 0 Å². The third kappa shape index (κ3) is 3.98. The number of likely N-dealkylation sites (tertiary alicyclic amines) is 1. The number of piperidine rings is 1. The molecule has 0 radical (unpaired) electrons. The molecule has 104 valence electrons. The molecule has 1 amide bonds. The molecule has 1 atom stereocenters. The van der Waals surface area contributed by atoms with Crippen molar-refractivity contribution in [3.05, 3.63) is 29.8 Å². The molecule has 1 aromatic carbocycles. The van der Waals surface area contributed by atoms with Crippen LogP contribution in [-0.4, -0.2) is 30.0 Å². The van der Waals surface area contributed by atoms with Crippen molar-refractivity contribution >= 4 is 5.91 Å². The number of aryl methyl sites for hydroxylation is 1. The normalized spacial score (nSPS) is 19.3. The lowest BCUT2D eigenvalue weighted by Crippen LogP contribution is -2.42. The average Bonchev–Trinajstić information content (AvgIpc) is 2.39. The summed E-state index contributed by atoms with van der Waals surface area (Å²) >= 11 is 0. The van der Waals surface area contributed by atoms with Gasteiger partial charge in [-0.2, -0.15) is 0 Å². The first-order valence-electron chi connectivity index (χ1n) is 7.16. The van der Waals surface area contributed by atoms with E-state index in [2.05, 4.69) is 6.92 Å². The summed E-state index contributed by atoms with van der Waals surface area (Å²) in [6.07, 6.45) is 3.97. The minimum atomic E-state index is 0.222. The molecular formula is C16H23NO2. The van der Waals surface area contributed by atoms with Crippen LogP contribution in [0.2, 0.25) is 0 Å². The summed E-state index contributed by atoms with van der Waals surface area (Å²) in [5, 5.41) is 0. The summed E-state index contributed by atoms with van der Waals surface area (Å²) in [6, 6.07) is 8.32. The highest BCUT2D eigenvalue weighted by Crippen LogP contribution is 2.18. The van der Waals surface area contributed by atoms with Gasteiger partial charge in [0, 0.05) is 12.6 Å². The molecule has 0 N–H and O–H groups in total. The summed E-state index contributed by atoms with van der Waals surface area (Å²) in [4.78, 5) is 14.1. The number of carbonyl (C=O) groups excluding carboxylic acids is 1. The van der Waals surface area contributed by atoms with E-state index in [9.17, 15) is 4.79 Å². The summed E-state index contributed by atoms with van der Waals surface area (Å²) in [7, 11) is 0. The average molecular weight is 261 g/mol. The van der Waals surface area contributed by atoms with Crippen molar-refractivity contribution in [1.82, 2.24) is 4.90 Å². The second-order valence-corrected chi connectivity index (χ2v) is 5.35. The van der Waals surface area contributed by atoms with Crippen LogP contribution in [0.1, 0.15) is 38.2 Å². The maximum Gasteiger partial charge on any atom is 0.226 e. The maximum atomic E-state index is 12.1. The molecular weight excluding hydrogens is 238 g/mol. The quantitative estimate of drug-likeness (QED) is 0.833. The maximum absolute atomic E-state index is 12.1. The van der Waals surface area contributed by atoms with E-state index in [1.807, 2.05) is 36.1 Å². The topological polar surface area (TPSA) is 29.5 Å². The Morgan fingerprint density at radius 3 is 3.00 bits per heavy atom. The van der Waals surface area contributed by atoms with E-state index in [1.165, 1.54) is 12.0 Å². The van der Waals surface area contributed by atoms with Gasteiger partial charge in [0.2, 0.25) is 5.91 Å². The Hall–Kier alpha value is -1.51. The Balaban J connectivity index is 1.77. The molecule has 0 bridgehead atoms. The Morgan fingerprint density at radius 1 is 1.42 bits per heavy atom. The molecule has 0 aliphatic carbocycles. The highest BCUT2D eigenvalue weighted by atomic mass is 16.5. The largest absolute Gasteiger partial charge is 0.493 e. The van der Waals surface area contributed by atoms with Crippen LogP contribution in [0.15, 0.2) is 24.3 Å². The van der Waals surface area contributed by atoms with Gasteiger partial charge in [-0.3, -0.25) is 4.79 Å². The van der Waals surface area contributed by atoms with E-state index in [0.717, 1.165) is 25.1 Å². The first kappa shape index (κ1) is 13.9. The van der Waals surface area contributed by atoms with Crippen LogP contribution in [0.4, 0.5) is 0 Å². The van der Waals surface area contributed by atoms with Gasteiger partial charge in [0.15, 0.2) is 0 Å². The van der Waals surface area contributed by atoms with Crippen LogP contribution >= 0.6 is 0 Å². The van der Waals surface area contributed by atoms with Crippen molar-refractivity contribution in [3.8, 4) is 5.75 Å². The predicted octanol–water partition coefficient (Wildman–Crippen LogP) is 3.16. The number of hydrogen-bond acceptors (Lipinski definition) is 2. The lowest BCUT2D eigenvalue weighted by Gasteiger charge is -2.33. The van der Waals surface area contributed by atoms with E-state index in [4.69, 9.17) is 4.74 Å². The van der Waals surface area contributed by atoms with Crippen LogP contribution in [0, 0.1) is 6.92 Å². The van der Waals surface area contributed by atoms with E-state index in [-0.39, 0.29) is 5.91 Å². The van der Waals surface area contributed by atoms with Crippen LogP contribution in [0.5, 0.6) is 5.75 Å². The fourth-order valence-electron chi connectivity index (χ4n) is 2.57. The fraction of sp³-hybridized carbons (Fsp3) is 0.562. The molecule has 19 heavy (non-hydrogen) atoms. The number of hydrogen-bond donors (Lipinski definition) is 0. The summed E-state index contributed by atoms with van der Waals surface area (Å²) < 4.78 is 5.64. The second kappa shape index (κ2) is 6.60. The second-order valence-electron chi connectivity index (χ2n) is 5.35. The SMILES string of the molecule is Cc1cccc(OCCC(=O)N2CCCCC2C)c1. The van der Waals surface area contributed by atoms with Gasteiger partial charge < -0.3 is 9.64 Å². The highest BCUT2D eigenvalue weighted by molar-refractivity contribution is 5.76. The number of amides is 1. The molecule has 1 aliphatic rings. The van der Waals surface area contributed by atoms with Gasteiger partial charge >= 0.3 is 0 Å². The zero-order valence-electron chi connectivity index (χ0n) is 11.9. The Kier molecular flexibility index (Phi) is 4.83. The molecule has 2 rings (SSSR count). The van der Waals surface area contributed by atoms with Gasteiger partial charge in [-0.25, -0.2) is 0 Å². The molecule has 0 saturated carbocycles. The molecule has 0 aromatic heterocycles. The number of rotatable bonds is 4. The summed E-state index contributed by atoms with van der Waals surface area (Å²) in [5.41, 5.74) is 1.17. The molecule has 1 saturated heterocycles. The third-order valence-corrected chi connectivity index (χ3v) is 3.70.